The van der Waals surface area contributed by atoms with Crippen LogP contribution in [-0.4, -0.2) is 31.1 Å². The van der Waals surface area contributed by atoms with Crippen LogP contribution in [0.15, 0.2) is 69.6 Å². The molecule has 0 fully saturated rings. The molecule has 0 bridgehead atoms. The van der Waals surface area contributed by atoms with Gasteiger partial charge in [0, 0.05) is 10.5 Å². The molecule has 10 nitrogen and oxygen atoms in total. The normalized spacial score (nSPS) is 15.6. The fourth-order valence-electron chi connectivity index (χ4n) is 3.60. The van der Waals surface area contributed by atoms with Gasteiger partial charge in [0.05, 0.1) is 48.0 Å². The van der Waals surface area contributed by atoms with Crippen LogP contribution in [0, 0.1) is 27.3 Å². The van der Waals surface area contributed by atoms with Crippen LogP contribution in [0.5, 0.6) is 0 Å². The first kappa shape index (κ1) is 24.4. The second kappa shape index (κ2) is 9.72. The molecular formula is C22H16BrFN4O6. The van der Waals surface area contributed by atoms with Crippen LogP contribution in [0.3, 0.4) is 0 Å². The molecule has 0 saturated carbocycles. The molecule has 0 spiro atoms. The summed E-state index contributed by atoms with van der Waals surface area (Å²) < 4.78 is 23.9. The van der Waals surface area contributed by atoms with Crippen molar-refractivity contribution in [2.75, 3.05) is 19.1 Å². The van der Waals surface area contributed by atoms with Gasteiger partial charge in [-0.15, -0.1) is 0 Å². The van der Waals surface area contributed by atoms with Gasteiger partial charge >= 0.3 is 17.6 Å². The fourth-order valence-corrected chi connectivity index (χ4v) is 4.09. The summed E-state index contributed by atoms with van der Waals surface area (Å²) in [5.74, 6) is -4.59. The van der Waals surface area contributed by atoms with E-state index in [2.05, 4.69) is 15.9 Å². The van der Waals surface area contributed by atoms with Crippen molar-refractivity contribution >= 4 is 39.2 Å². The van der Waals surface area contributed by atoms with Gasteiger partial charge in [-0.2, -0.15) is 9.65 Å². The molecule has 174 valence electrons. The summed E-state index contributed by atoms with van der Waals surface area (Å²) in [5.41, 5.74) is 4.81. The number of nitrogens with two attached hydrogens (primary N) is 1. The Morgan fingerprint density at radius 2 is 1.82 bits per heavy atom. The lowest BCUT2D eigenvalue weighted by molar-refractivity contribution is -0.387. The number of ether oxygens (including phenoxy) is 2. The summed E-state index contributed by atoms with van der Waals surface area (Å²) in [6, 6.07) is 11.9. The van der Waals surface area contributed by atoms with Crippen LogP contribution in [0.25, 0.3) is 0 Å². The van der Waals surface area contributed by atoms with Gasteiger partial charge in [-0.25, -0.2) is 9.59 Å². The van der Waals surface area contributed by atoms with Gasteiger partial charge in [0.15, 0.2) is 0 Å². The van der Waals surface area contributed by atoms with Crippen molar-refractivity contribution in [3.05, 3.63) is 91.1 Å². The number of methoxy groups -OCH3 is 2. The van der Waals surface area contributed by atoms with Crippen molar-refractivity contribution in [3.63, 3.8) is 0 Å². The van der Waals surface area contributed by atoms with Gasteiger partial charge in [-0.05, 0) is 27.6 Å². The number of nitro groups is 1. The Hall–Kier alpha value is -4.24. The third-order valence-electron chi connectivity index (χ3n) is 5.06. The lowest BCUT2D eigenvalue weighted by atomic mass is 9.81. The molecule has 1 aliphatic heterocycles. The smallest absolute Gasteiger partial charge is 0.355 e. The summed E-state index contributed by atoms with van der Waals surface area (Å²) in [6.07, 6.45) is 0. The summed E-state index contributed by atoms with van der Waals surface area (Å²) in [5, 5.41) is 21.3. The fraction of sp³-hybridized carbons (Fsp3) is 0.136. The Kier molecular flexibility index (Phi) is 6.97. The minimum Gasteiger partial charge on any atom is -0.466 e. The first-order valence-electron chi connectivity index (χ1n) is 9.46. The van der Waals surface area contributed by atoms with Crippen LogP contribution in [0.4, 0.5) is 15.8 Å². The van der Waals surface area contributed by atoms with E-state index in [1.54, 1.807) is 30.3 Å². The lowest BCUT2D eigenvalue weighted by Crippen LogP contribution is -2.41. The van der Waals surface area contributed by atoms with Crippen LogP contribution >= 0.6 is 15.9 Å². The standard InChI is InChI=1S/C22H16BrFN4O6/c1-33-21(29)18-17(11-6-4-3-5-7-11)12(10-25)20(26)27(19(18)22(30)34-2)15-9-16(28(31)32)14(24)8-13(15)23/h3-9,17H,26H2,1-2H3. The molecule has 1 atom stereocenters. The van der Waals surface area contributed by atoms with Crippen LogP contribution in [0.1, 0.15) is 11.5 Å². The monoisotopic (exact) mass is 530 g/mol. The highest BCUT2D eigenvalue weighted by Gasteiger charge is 2.43. The predicted molar refractivity (Wildman–Crippen MR) is 120 cm³/mol. The lowest BCUT2D eigenvalue weighted by Gasteiger charge is -2.36. The van der Waals surface area contributed by atoms with Crippen molar-refractivity contribution in [2.45, 2.75) is 5.92 Å². The number of anilines is 1. The molecule has 0 aromatic heterocycles. The second-order valence-electron chi connectivity index (χ2n) is 6.85. The van der Waals surface area contributed by atoms with Crippen molar-refractivity contribution in [1.82, 2.24) is 0 Å². The minimum absolute atomic E-state index is 0.0420. The van der Waals surface area contributed by atoms with E-state index in [-0.39, 0.29) is 27.1 Å². The van der Waals surface area contributed by atoms with Crippen LogP contribution in [0.2, 0.25) is 0 Å². The number of rotatable bonds is 5. The van der Waals surface area contributed by atoms with Gasteiger partial charge in [0.1, 0.15) is 11.5 Å². The number of hydrogen-bond donors (Lipinski definition) is 1. The Morgan fingerprint density at radius 1 is 1.21 bits per heavy atom. The number of halogens is 2. The van der Waals surface area contributed by atoms with E-state index in [1.165, 1.54) is 0 Å². The van der Waals surface area contributed by atoms with Crippen molar-refractivity contribution in [1.29, 1.82) is 5.26 Å². The quantitative estimate of drug-likeness (QED) is 0.348. The van der Waals surface area contributed by atoms with Crippen LogP contribution < -0.4 is 10.6 Å². The first-order chi connectivity index (χ1) is 16.2. The number of nitriles is 1. The first-order valence-corrected chi connectivity index (χ1v) is 10.3. The van der Waals surface area contributed by atoms with E-state index in [0.29, 0.717) is 5.56 Å². The van der Waals surface area contributed by atoms with E-state index in [1.807, 2.05) is 6.07 Å². The Morgan fingerprint density at radius 3 is 2.35 bits per heavy atom. The summed E-state index contributed by atoms with van der Waals surface area (Å²) in [4.78, 5) is 37.3. The number of benzene rings is 2. The molecular weight excluding hydrogens is 515 g/mol. The zero-order valence-electron chi connectivity index (χ0n) is 17.7. The molecule has 0 amide bonds. The van der Waals surface area contributed by atoms with Crippen molar-refractivity contribution in [2.24, 2.45) is 5.73 Å². The summed E-state index contributed by atoms with van der Waals surface area (Å²) in [6.45, 7) is 0. The number of allylic oxidation sites excluding steroid dienone is 1. The highest BCUT2D eigenvalue weighted by Crippen LogP contribution is 2.45. The zero-order chi connectivity index (χ0) is 25.2. The Labute approximate surface area is 200 Å². The number of nitro benzene ring substituents is 1. The molecule has 3 rings (SSSR count). The average Bonchev–Trinajstić information content (AvgIpc) is 2.83. The van der Waals surface area contributed by atoms with Gasteiger partial charge in [0.25, 0.3) is 0 Å². The number of nitrogens with zero attached hydrogens (tertiary/aromatic N) is 3. The molecule has 0 radical (unpaired) electrons. The molecule has 12 heteroatoms. The van der Waals surface area contributed by atoms with E-state index in [0.717, 1.165) is 31.3 Å². The maximum Gasteiger partial charge on any atom is 0.355 e. The molecule has 2 aromatic carbocycles. The molecule has 1 heterocycles. The maximum absolute atomic E-state index is 14.2. The third-order valence-corrected chi connectivity index (χ3v) is 5.70. The number of carbonyl (C=O) groups is 2. The Bertz CT molecular complexity index is 1300. The highest BCUT2D eigenvalue weighted by molar-refractivity contribution is 9.10. The van der Waals surface area contributed by atoms with Gasteiger partial charge in [-0.1, -0.05) is 30.3 Å². The zero-order valence-corrected chi connectivity index (χ0v) is 19.3. The maximum atomic E-state index is 14.2. The van der Waals surface area contributed by atoms with Crippen LogP contribution in [-0.2, 0) is 19.1 Å². The van der Waals surface area contributed by atoms with E-state index in [4.69, 9.17) is 15.2 Å². The van der Waals surface area contributed by atoms with Crippen molar-refractivity contribution < 1.29 is 28.4 Å². The largest absolute Gasteiger partial charge is 0.466 e. The molecule has 1 aliphatic rings. The van der Waals surface area contributed by atoms with E-state index >= 15 is 0 Å². The molecule has 0 aliphatic carbocycles. The van der Waals surface area contributed by atoms with E-state index in [9.17, 15) is 29.4 Å². The average molecular weight is 531 g/mol. The van der Waals surface area contributed by atoms with Gasteiger partial charge < -0.3 is 15.2 Å². The third kappa shape index (κ3) is 4.08. The molecule has 0 saturated heterocycles. The van der Waals surface area contributed by atoms with E-state index < -0.39 is 40.0 Å². The van der Waals surface area contributed by atoms with Crippen molar-refractivity contribution in [3.8, 4) is 6.07 Å². The summed E-state index contributed by atoms with van der Waals surface area (Å²) >= 11 is 3.11. The van der Waals surface area contributed by atoms with Gasteiger partial charge in [0.2, 0.25) is 5.82 Å². The predicted octanol–water partition coefficient (Wildman–Crippen LogP) is 3.39. The number of esters is 2. The summed E-state index contributed by atoms with van der Waals surface area (Å²) in [7, 11) is 2.14. The highest BCUT2D eigenvalue weighted by atomic mass is 79.9. The molecule has 1 unspecified atom stereocenters. The minimum atomic E-state index is -1.15. The Balaban J connectivity index is 2.48. The SMILES string of the molecule is COC(=O)C1=C(C(=O)OC)N(c2cc([N+](=O)[O-])c(F)cc2Br)C(N)=C(C#N)C1c1ccccc1. The molecule has 34 heavy (non-hydrogen) atoms. The number of carbonyl (C=O) groups excluding carboxylic acids is 2. The molecule has 2 aromatic rings. The topological polar surface area (TPSA) is 149 Å². The number of hydrogen-bond acceptors (Lipinski definition) is 9. The molecule has 2 N–H and O–H groups in total. The van der Waals surface area contributed by atoms with Gasteiger partial charge in [-0.3, -0.25) is 15.0 Å². The second-order valence-corrected chi connectivity index (χ2v) is 7.70.